The number of halogens is 3. The molecule has 7 heteroatoms. The van der Waals surface area contributed by atoms with Crippen LogP contribution in [0.25, 0.3) is 11.1 Å². The van der Waals surface area contributed by atoms with E-state index in [9.17, 15) is 28.6 Å². The van der Waals surface area contributed by atoms with E-state index in [0.717, 1.165) is 0 Å². The molecule has 4 nitrogen and oxygen atoms in total. The first kappa shape index (κ1) is 17.7. The van der Waals surface area contributed by atoms with Gasteiger partial charge in [-0.25, -0.2) is 0 Å². The molecule has 3 aromatic rings. The Balaban J connectivity index is 2.03. The maximum Gasteiger partial charge on any atom is 0.416 e. The molecule has 1 aliphatic carbocycles. The number of rotatable bonds is 2. The second-order valence-electron chi connectivity index (χ2n) is 6.37. The van der Waals surface area contributed by atoms with Gasteiger partial charge in [0.25, 0.3) is 0 Å². The Kier molecular flexibility index (Phi) is 3.93. The van der Waals surface area contributed by atoms with Gasteiger partial charge in [-0.2, -0.15) is 18.4 Å². The first-order valence-electron chi connectivity index (χ1n) is 8.23. The van der Waals surface area contributed by atoms with Gasteiger partial charge in [0.05, 0.1) is 17.4 Å². The van der Waals surface area contributed by atoms with E-state index in [2.05, 4.69) is 0 Å². The van der Waals surface area contributed by atoms with Crippen LogP contribution >= 0.6 is 0 Å². The molecule has 4 rings (SSSR count). The lowest BCUT2D eigenvalue weighted by molar-refractivity contribution is -0.138. The summed E-state index contributed by atoms with van der Waals surface area (Å²) in [4.78, 5) is 0. The number of phenols is 2. The second kappa shape index (κ2) is 6.20. The predicted octanol–water partition coefficient (Wildman–Crippen LogP) is 5.10. The highest BCUT2D eigenvalue weighted by Gasteiger charge is 2.39. The Hall–Kier alpha value is -3.66. The molecule has 0 amide bonds. The Labute approximate surface area is 157 Å². The van der Waals surface area contributed by atoms with Crippen LogP contribution in [-0.4, -0.2) is 10.2 Å². The van der Waals surface area contributed by atoms with E-state index in [0.29, 0.717) is 22.8 Å². The summed E-state index contributed by atoms with van der Waals surface area (Å²) in [5.41, 5.74) is 0.832. The summed E-state index contributed by atoms with van der Waals surface area (Å²) in [5, 5.41) is 28.8. The van der Waals surface area contributed by atoms with Crippen LogP contribution in [0.3, 0.4) is 0 Å². The quantitative estimate of drug-likeness (QED) is 0.646. The van der Waals surface area contributed by atoms with Gasteiger partial charge in [0.1, 0.15) is 17.6 Å². The zero-order valence-corrected chi connectivity index (χ0v) is 14.2. The van der Waals surface area contributed by atoms with E-state index in [-0.39, 0.29) is 34.6 Å². The van der Waals surface area contributed by atoms with Crippen molar-refractivity contribution < 1.29 is 27.8 Å². The maximum atomic E-state index is 13.6. The number of allylic oxidation sites excluding steroid dienone is 1. The molecule has 0 bridgehead atoms. The summed E-state index contributed by atoms with van der Waals surface area (Å²) in [6, 6.07) is 11.4. The number of aromatic hydroxyl groups is 2. The minimum Gasteiger partial charge on any atom is -0.508 e. The van der Waals surface area contributed by atoms with E-state index < -0.39 is 17.5 Å². The van der Waals surface area contributed by atoms with Crippen LogP contribution in [0.2, 0.25) is 0 Å². The number of nitriles is 1. The van der Waals surface area contributed by atoms with Crippen molar-refractivity contribution in [1.82, 2.24) is 0 Å². The molecule has 0 saturated carbocycles. The van der Waals surface area contributed by atoms with Crippen molar-refractivity contribution in [3.8, 4) is 17.6 Å². The summed E-state index contributed by atoms with van der Waals surface area (Å²) in [7, 11) is 0. The Morgan fingerprint density at radius 3 is 2.36 bits per heavy atom. The molecular weight excluding hydrogens is 371 g/mol. The Morgan fingerprint density at radius 1 is 1.00 bits per heavy atom. The molecule has 0 atom stereocenters. The van der Waals surface area contributed by atoms with Crippen LogP contribution in [0.5, 0.6) is 11.5 Å². The number of phenolic OH excluding ortho intramolecular Hbond substituents is 2. The SMILES string of the molecule is N#Cc1ccoc1C1=C(c2ccc(O)cc2)Cc2c1cc(O)cc2C(F)(F)F. The monoisotopic (exact) mass is 383 g/mol. The fraction of sp³-hybridized carbons (Fsp3) is 0.0952. The van der Waals surface area contributed by atoms with Gasteiger partial charge in [-0.05, 0) is 52.6 Å². The first-order valence-corrected chi connectivity index (χ1v) is 8.23. The van der Waals surface area contributed by atoms with Crippen molar-refractivity contribution in [2.45, 2.75) is 12.6 Å². The molecule has 28 heavy (non-hydrogen) atoms. The van der Waals surface area contributed by atoms with Gasteiger partial charge >= 0.3 is 6.18 Å². The van der Waals surface area contributed by atoms with Crippen LogP contribution in [0.1, 0.15) is 33.6 Å². The summed E-state index contributed by atoms with van der Waals surface area (Å²) >= 11 is 0. The van der Waals surface area contributed by atoms with Gasteiger partial charge in [0, 0.05) is 12.0 Å². The minimum atomic E-state index is -4.65. The zero-order chi connectivity index (χ0) is 20.1. The normalized spacial score (nSPS) is 13.5. The average molecular weight is 383 g/mol. The van der Waals surface area contributed by atoms with E-state index in [4.69, 9.17) is 4.42 Å². The van der Waals surface area contributed by atoms with Crippen molar-refractivity contribution in [3.05, 3.63) is 82.3 Å². The molecule has 0 spiro atoms. The number of benzene rings is 2. The van der Waals surface area contributed by atoms with Crippen LogP contribution in [0.15, 0.2) is 53.1 Å². The van der Waals surface area contributed by atoms with Crippen molar-refractivity contribution in [3.63, 3.8) is 0 Å². The number of hydrogen-bond acceptors (Lipinski definition) is 4. The average Bonchev–Trinajstić information content (AvgIpc) is 3.24. The number of fused-ring (bicyclic) bond motifs is 1. The third-order valence-electron chi connectivity index (χ3n) is 4.69. The van der Waals surface area contributed by atoms with Gasteiger partial charge in [0.2, 0.25) is 0 Å². The van der Waals surface area contributed by atoms with Gasteiger partial charge in [-0.15, -0.1) is 0 Å². The Bertz CT molecular complexity index is 1150. The minimum absolute atomic E-state index is 0.00339. The van der Waals surface area contributed by atoms with Crippen LogP contribution in [0, 0.1) is 11.3 Å². The highest BCUT2D eigenvalue weighted by Crippen LogP contribution is 2.48. The van der Waals surface area contributed by atoms with Crippen molar-refractivity contribution in [2.75, 3.05) is 0 Å². The van der Waals surface area contributed by atoms with Crippen LogP contribution in [-0.2, 0) is 12.6 Å². The predicted molar refractivity (Wildman–Crippen MR) is 94.3 cm³/mol. The number of alkyl halides is 3. The lowest BCUT2D eigenvalue weighted by Crippen LogP contribution is -2.09. The molecule has 0 fully saturated rings. The molecule has 1 heterocycles. The van der Waals surface area contributed by atoms with Gasteiger partial charge in [0.15, 0.2) is 5.76 Å². The maximum absolute atomic E-state index is 13.6. The van der Waals surface area contributed by atoms with Crippen molar-refractivity contribution in [2.24, 2.45) is 0 Å². The van der Waals surface area contributed by atoms with Gasteiger partial charge in [-0.1, -0.05) is 12.1 Å². The van der Waals surface area contributed by atoms with E-state index in [1.807, 2.05) is 6.07 Å². The molecule has 2 N–H and O–H groups in total. The molecule has 0 aliphatic heterocycles. The zero-order valence-electron chi connectivity index (χ0n) is 14.2. The topological polar surface area (TPSA) is 77.4 Å². The number of nitrogens with zero attached hydrogens (tertiary/aromatic N) is 1. The summed E-state index contributed by atoms with van der Waals surface area (Å²) in [6.07, 6.45) is -3.42. The smallest absolute Gasteiger partial charge is 0.416 e. The van der Waals surface area contributed by atoms with Crippen molar-refractivity contribution >= 4 is 11.1 Å². The van der Waals surface area contributed by atoms with E-state index in [1.54, 1.807) is 12.1 Å². The van der Waals surface area contributed by atoms with E-state index >= 15 is 0 Å². The third kappa shape index (κ3) is 2.79. The summed E-state index contributed by atoms with van der Waals surface area (Å²) in [6.45, 7) is 0. The molecule has 140 valence electrons. The second-order valence-corrected chi connectivity index (χ2v) is 6.37. The first-order chi connectivity index (χ1) is 13.3. The lowest BCUT2D eigenvalue weighted by atomic mass is 9.96. The van der Waals surface area contributed by atoms with Gasteiger partial charge < -0.3 is 14.6 Å². The van der Waals surface area contributed by atoms with Crippen LogP contribution in [0.4, 0.5) is 13.2 Å². The highest BCUT2D eigenvalue weighted by atomic mass is 19.4. The molecule has 1 aromatic heterocycles. The molecule has 0 unspecified atom stereocenters. The molecule has 0 radical (unpaired) electrons. The summed E-state index contributed by atoms with van der Waals surface area (Å²) in [5.74, 6) is -0.366. The fourth-order valence-electron chi connectivity index (χ4n) is 3.51. The third-order valence-corrected chi connectivity index (χ3v) is 4.69. The summed E-state index contributed by atoms with van der Waals surface area (Å²) < 4.78 is 46.2. The number of hydrogen-bond donors (Lipinski definition) is 2. The molecule has 0 saturated heterocycles. The Morgan fingerprint density at radius 2 is 1.71 bits per heavy atom. The number of furan rings is 1. The van der Waals surface area contributed by atoms with Crippen molar-refractivity contribution in [1.29, 1.82) is 5.26 Å². The largest absolute Gasteiger partial charge is 0.508 e. The highest BCUT2D eigenvalue weighted by molar-refractivity contribution is 6.04. The standard InChI is InChI=1S/C21H12F3NO3/c22-21(23,24)18-8-14(27)7-17-16(18)9-15(11-1-3-13(26)4-2-11)19(17)20-12(10-25)5-6-28-20/h1-8,26-27H,9H2. The van der Waals surface area contributed by atoms with Gasteiger partial charge in [-0.3, -0.25) is 0 Å². The molecule has 2 aromatic carbocycles. The van der Waals surface area contributed by atoms with Crippen LogP contribution < -0.4 is 0 Å². The fourth-order valence-corrected chi connectivity index (χ4v) is 3.51. The molecule has 1 aliphatic rings. The van der Waals surface area contributed by atoms with E-state index in [1.165, 1.54) is 30.5 Å². The molecular formula is C21H12F3NO3. The lowest BCUT2D eigenvalue weighted by Gasteiger charge is -2.13.